The van der Waals surface area contributed by atoms with Crippen LogP contribution in [-0.2, 0) is 19.6 Å². The van der Waals surface area contributed by atoms with Crippen molar-refractivity contribution in [3.05, 3.63) is 29.8 Å². The second-order valence-corrected chi connectivity index (χ2v) is 7.69. The molecule has 0 bridgehead atoms. The molecule has 1 rings (SSSR count). The van der Waals surface area contributed by atoms with Crippen LogP contribution in [0.2, 0.25) is 0 Å². The number of carbonyl (C=O) groups excluding carboxylic acids is 2. The van der Waals surface area contributed by atoms with E-state index in [1.807, 2.05) is 6.92 Å². The van der Waals surface area contributed by atoms with Crippen LogP contribution < -0.4 is 10.6 Å². The molecule has 2 atom stereocenters. The van der Waals surface area contributed by atoms with E-state index in [1.165, 1.54) is 11.4 Å². The highest BCUT2D eigenvalue weighted by Gasteiger charge is 2.22. The average Bonchev–Trinajstić information content (AvgIpc) is 2.62. The number of hydrogen-bond donors (Lipinski definition) is 2. The number of nitrogens with one attached hydrogen (secondary N) is 2. The van der Waals surface area contributed by atoms with Crippen LogP contribution in [0.1, 0.15) is 39.3 Å². The van der Waals surface area contributed by atoms with Gasteiger partial charge in [0.15, 0.2) is 0 Å². The van der Waals surface area contributed by atoms with Crippen molar-refractivity contribution in [2.24, 2.45) is 0 Å². The summed E-state index contributed by atoms with van der Waals surface area (Å²) in [5.74, 6) is -0.510. The molecule has 0 aliphatic carbocycles. The molecular formula is C17H27N3O5S. The summed E-state index contributed by atoms with van der Waals surface area (Å²) in [5.41, 5.74) is 0.821. The van der Waals surface area contributed by atoms with E-state index in [0.29, 0.717) is 13.1 Å². The molecule has 2 amide bonds. The minimum Gasteiger partial charge on any atom is -0.453 e. The van der Waals surface area contributed by atoms with Crippen molar-refractivity contribution in [3.8, 4) is 0 Å². The molecule has 0 aliphatic rings. The molecule has 0 aromatic heterocycles. The van der Waals surface area contributed by atoms with E-state index in [1.54, 1.807) is 45.0 Å². The number of imide groups is 1. The molecule has 0 saturated carbocycles. The van der Waals surface area contributed by atoms with Gasteiger partial charge < -0.3 is 4.74 Å². The molecule has 8 nitrogen and oxygen atoms in total. The van der Waals surface area contributed by atoms with E-state index in [4.69, 9.17) is 0 Å². The highest BCUT2D eigenvalue weighted by Crippen LogP contribution is 2.19. The first kappa shape index (κ1) is 22.1. The highest BCUT2D eigenvalue weighted by molar-refractivity contribution is 7.89. The summed E-state index contributed by atoms with van der Waals surface area (Å²) in [6.07, 6.45) is -0.817. The molecule has 9 heteroatoms. The van der Waals surface area contributed by atoms with Crippen molar-refractivity contribution in [1.82, 2.24) is 14.9 Å². The lowest BCUT2D eigenvalue weighted by Gasteiger charge is -2.21. The Kier molecular flexibility index (Phi) is 8.19. The number of ether oxygens (including phenoxy) is 1. The summed E-state index contributed by atoms with van der Waals surface area (Å²) >= 11 is 0. The lowest BCUT2D eigenvalue weighted by Crippen LogP contribution is -2.45. The summed E-state index contributed by atoms with van der Waals surface area (Å²) in [6, 6.07) is 5.67. The Hall–Kier alpha value is -1.97. The van der Waals surface area contributed by atoms with Gasteiger partial charge in [-0.25, -0.2) is 13.2 Å². The Labute approximate surface area is 155 Å². The number of hydrogen-bond acceptors (Lipinski definition) is 6. The molecule has 1 aromatic carbocycles. The first-order chi connectivity index (χ1) is 12.2. The van der Waals surface area contributed by atoms with Gasteiger partial charge in [-0.3, -0.25) is 15.4 Å². The predicted molar refractivity (Wildman–Crippen MR) is 98.1 cm³/mol. The van der Waals surface area contributed by atoms with Gasteiger partial charge in [-0.15, -0.1) is 0 Å². The van der Waals surface area contributed by atoms with Gasteiger partial charge in [-0.05, 0) is 31.5 Å². The number of rotatable bonds is 8. The highest BCUT2D eigenvalue weighted by atomic mass is 32.2. The van der Waals surface area contributed by atoms with E-state index in [-0.39, 0.29) is 10.9 Å². The number of sulfonamides is 1. The van der Waals surface area contributed by atoms with Crippen LogP contribution in [0.25, 0.3) is 0 Å². The number of methoxy groups -OCH3 is 1. The molecule has 0 fully saturated rings. The number of carbonyl (C=O) groups is 2. The van der Waals surface area contributed by atoms with Crippen LogP contribution in [-0.4, -0.2) is 51.0 Å². The first-order valence-corrected chi connectivity index (χ1v) is 9.86. The SMILES string of the molecule is CCN(CC)S(=O)(=O)c1ccc([C@@H](C)N[C@H](C)C(=O)NC(=O)OC)cc1. The third kappa shape index (κ3) is 5.52. The summed E-state index contributed by atoms with van der Waals surface area (Å²) in [4.78, 5) is 23.2. The van der Waals surface area contributed by atoms with Crippen LogP contribution in [0.3, 0.4) is 0 Å². The monoisotopic (exact) mass is 385 g/mol. The Morgan fingerprint density at radius 2 is 1.65 bits per heavy atom. The number of nitrogens with zero attached hydrogens (tertiary/aromatic N) is 1. The van der Waals surface area contributed by atoms with E-state index < -0.39 is 28.1 Å². The molecule has 0 heterocycles. The Bertz CT molecular complexity index is 714. The molecule has 2 N–H and O–H groups in total. The fourth-order valence-corrected chi connectivity index (χ4v) is 3.91. The standard InChI is InChI=1S/C17H27N3O5S/c1-6-20(7-2)26(23,24)15-10-8-14(9-11-15)12(3)18-13(4)16(21)19-17(22)25-5/h8-13,18H,6-7H2,1-5H3,(H,19,21,22)/t12-,13-/m1/s1. The lowest BCUT2D eigenvalue weighted by atomic mass is 10.1. The molecule has 0 spiro atoms. The zero-order chi connectivity index (χ0) is 19.9. The van der Waals surface area contributed by atoms with Crippen LogP contribution in [0.5, 0.6) is 0 Å². The Morgan fingerprint density at radius 3 is 2.12 bits per heavy atom. The summed E-state index contributed by atoms with van der Waals surface area (Å²) in [5, 5.41) is 5.14. The molecule has 0 saturated heterocycles. The van der Waals surface area contributed by atoms with E-state index in [0.717, 1.165) is 5.56 Å². The average molecular weight is 385 g/mol. The lowest BCUT2D eigenvalue weighted by molar-refractivity contribution is -0.122. The van der Waals surface area contributed by atoms with E-state index >= 15 is 0 Å². The third-order valence-corrected chi connectivity index (χ3v) is 6.09. The maximum absolute atomic E-state index is 12.5. The molecule has 0 unspecified atom stereocenters. The molecule has 26 heavy (non-hydrogen) atoms. The van der Waals surface area contributed by atoms with Crippen LogP contribution in [0.15, 0.2) is 29.2 Å². The van der Waals surface area contributed by atoms with Crippen molar-refractivity contribution in [2.75, 3.05) is 20.2 Å². The number of benzene rings is 1. The maximum atomic E-state index is 12.5. The smallest absolute Gasteiger partial charge is 0.413 e. The molecule has 1 aromatic rings. The zero-order valence-corrected chi connectivity index (χ0v) is 16.6. The minimum absolute atomic E-state index is 0.224. The summed E-state index contributed by atoms with van der Waals surface area (Å²) in [6.45, 7) is 7.87. The fourth-order valence-electron chi connectivity index (χ4n) is 2.45. The molecule has 0 radical (unpaired) electrons. The van der Waals surface area contributed by atoms with Crippen molar-refractivity contribution < 1.29 is 22.7 Å². The van der Waals surface area contributed by atoms with Gasteiger partial charge in [0.05, 0.1) is 18.0 Å². The van der Waals surface area contributed by atoms with Crippen LogP contribution in [0.4, 0.5) is 4.79 Å². The fraction of sp³-hybridized carbons (Fsp3) is 0.529. The van der Waals surface area contributed by atoms with Crippen LogP contribution in [0, 0.1) is 0 Å². The van der Waals surface area contributed by atoms with Gasteiger partial charge in [-0.2, -0.15) is 4.31 Å². The van der Waals surface area contributed by atoms with Gasteiger partial charge in [0, 0.05) is 19.1 Å². The van der Waals surface area contributed by atoms with Gasteiger partial charge in [0.1, 0.15) is 0 Å². The molecular weight excluding hydrogens is 358 g/mol. The van der Waals surface area contributed by atoms with Crippen molar-refractivity contribution in [1.29, 1.82) is 0 Å². The topological polar surface area (TPSA) is 105 Å². The Morgan fingerprint density at radius 1 is 1.12 bits per heavy atom. The zero-order valence-electron chi connectivity index (χ0n) is 15.8. The largest absolute Gasteiger partial charge is 0.453 e. The van der Waals surface area contributed by atoms with E-state index in [2.05, 4.69) is 15.4 Å². The second-order valence-electron chi connectivity index (χ2n) is 5.75. The summed E-state index contributed by atoms with van der Waals surface area (Å²) in [7, 11) is -2.32. The van der Waals surface area contributed by atoms with Gasteiger partial charge in [0.2, 0.25) is 15.9 Å². The first-order valence-electron chi connectivity index (χ1n) is 8.42. The number of alkyl carbamates (subject to hydrolysis) is 1. The van der Waals surface area contributed by atoms with Gasteiger partial charge >= 0.3 is 6.09 Å². The molecule has 146 valence electrons. The third-order valence-electron chi connectivity index (χ3n) is 4.03. The van der Waals surface area contributed by atoms with Crippen molar-refractivity contribution >= 4 is 22.0 Å². The van der Waals surface area contributed by atoms with Gasteiger partial charge in [0.25, 0.3) is 0 Å². The maximum Gasteiger partial charge on any atom is 0.413 e. The normalized spacial score (nSPS) is 13.9. The van der Waals surface area contributed by atoms with Crippen molar-refractivity contribution in [3.63, 3.8) is 0 Å². The van der Waals surface area contributed by atoms with Crippen LogP contribution >= 0.6 is 0 Å². The Balaban J connectivity index is 2.82. The minimum atomic E-state index is -3.50. The summed E-state index contributed by atoms with van der Waals surface area (Å²) < 4.78 is 30.8. The number of amides is 2. The molecule has 0 aliphatic heterocycles. The quantitative estimate of drug-likeness (QED) is 0.705. The van der Waals surface area contributed by atoms with Crippen molar-refractivity contribution in [2.45, 2.75) is 44.7 Å². The second kappa shape index (κ2) is 9.65. The van der Waals surface area contributed by atoms with E-state index in [9.17, 15) is 18.0 Å². The predicted octanol–water partition coefficient (Wildman–Crippen LogP) is 1.64. The van der Waals surface area contributed by atoms with Gasteiger partial charge in [-0.1, -0.05) is 26.0 Å².